The Hall–Kier alpha value is -2.18. The summed E-state index contributed by atoms with van der Waals surface area (Å²) in [7, 11) is 0.714. The van der Waals surface area contributed by atoms with E-state index in [0.717, 1.165) is 26.6 Å². The highest BCUT2D eigenvalue weighted by molar-refractivity contribution is 7.90. The predicted molar refractivity (Wildman–Crippen MR) is 103 cm³/mol. The third-order valence-electron chi connectivity index (χ3n) is 3.86. The average molecular weight is 375 g/mol. The third kappa shape index (κ3) is 3.75. The van der Waals surface area contributed by atoms with E-state index in [1.807, 2.05) is 31.1 Å². The molecule has 25 heavy (non-hydrogen) atoms. The maximum Gasteiger partial charge on any atom is 0.175 e. The van der Waals surface area contributed by atoms with Crippen molar-refractivity contribution in [2.75, 3.05) is 25.3 Å². The third-order valence-corrected chi connectivity index (χ3v) is 6.34. The Morgan fingerprint density at radius 2 is 1.48 bits per heavy atom. The zero-order valence-corrected chi connectivity index (χ0v) is 15.8. The Labute approximate surface area is 151 Å². The molecule has 0 aliphatic carbocycles. The molecule has 0 radical (unpaired) electrons. The van der Waals surface area contributed by atoms with Gasteiger partial charge in [-0.3, -0.25) is 0 Å². The van der Waals surface area contributed by atoms with Crippen molar-refractivity contribution in [1.82, 2.24) is 0 Å². The van der Waals surface area contributed by atoms with Crippen LogP contribution in [0, 0.1) is 5.82 Å². The van der Waals surface area contributed by atoms with Gasteiger partial charge in [-0.25, -0.2) is 12.8 Å². The minimum absolute atomic E-state index is 0.271. The van der Waals surface area contributed by atoms with Gasteiger partial charge in [0.05, 0.1) is 9.90 Å². The molecule has 0 atom stereocenters. The lowest BCUT2D eigenvalue weighted by Crippen LogP contribution is -2.05. The Morgan fingerprint density at radius 1 is 0.920 bits per heavy atom. The van der Waals surface area contributed by atoms with Crippen LogP contribution in [0.5, 0.6) is 0 Å². The predicted octanol–water partition coefficient (Wildman–Crippen LogP) is 4.69. The standard InChI is InChI=1S/C19H18FNO2S2/c1-21(2)18-12-17(13-6-10-16(11-7-13)25(3,22)23)19(24-18)14-4-8-15(20)9-5-14/h4-12H,1-3H3. The van der Waals surface area contributed by atoms with Crippen LogP contribution in [-0.2, 0) is 9.84 Å². The van der Waals surface area contributed by atoms with E-state index < -0.39 is 9.84 Å². The van der Waals surface area contributed by atoms with Gasteiger partial charge in [0.2, 0.25) is 0 Å². The molecule has 3 aromatic rings. The van der Waals surface area contributed by atoms with Gasteiger partial charge < -0.3 is 4.90 Å². The normalized spacial score (nSPS) is 11.5. The zero-order valence-electron chi connectivity index (χ0n) is 14.2. The fraction of sp³-hybridized carbons (Fsp3) is 0.158. The van der Waals surface area contributed by atoms with Gasteiger partial charge in [-0.05, 0) is 41.5 Å². The van der Waals surface area contributed by atoms with Crippen molar-refractivity contribution in [3.8, 4) is 21.6 Å². The summed E-state index contributed by atoms with van der Waals surface area (Å²) >= 11 is 1.62. The van der Waals surface area contributed by atoms with Gasteiger partial charge in [-0.15, -0.1) is 11.3 Å². The van der Waals surface area contributed by atoms with Crippen LogP contribution in [0.2, 0.25) is 0 Å². The molecule has 0 unspecified atom stereocenters. The van der Waals surface area contributed by atoms with Crippen LogP contribution < -0.4 is 4.90 Å². The summed E-state index contributed by atoms with van der Waals surface area (Å²) in [6.45, 7) is 0. The lowest BCUT2D eigenvalue weighted by Gasteiger charge is -2.07. The molecule has 130 valence electrons. The average Bonchev–Trinajstić information content (AvgIpc) is 3.00. The second kappa shape index (κ2) is 6.61. The molecule has 0 N–H and O–H groups in total. The van der Waals surface area contributed by atoms with Crippen molar-refractivity contribution in [3.63, 3.8) is 0 Å². The summed E-state index contributed by atoms with van der Waals surface area (Å²) in [5.41, 5.74) is 2.86. The molecule has 3 nitrogen and oxygen atoms in total. The van der Waals surface area contributed by atoms with Gasteiger partial charge in [0.15, 0.2) is 9.84 Å². The monoisotopic (exact) mass is 375 g/mol. The van der Waals surface area contributed by atoms with E-state index in [1.54, 1.807) is 35.6 Å². The van der Waals surface area contributed by atoms with Crippen LogP contribution >= 0.6 is 11.3 Å². The van der Waals surface area contributed by atoms with Crippen molar-refractivity contribution in [2.45, 2.75) is 4.90 Å². The molecule has 3 rings (SSSR count). The van der Waals surface area contributed by atoms with Crippen molar-refractivity contribution in [3.05, 3.63) is 60.4 Å². The minimum atomic E-state index is -3.22. The van der Waals surface area contributed by atoms with E-state index >= 15 is 0 Å². The Balaban J connectivity index is 2.13. The summed E-state index contributed by atoms with van der Waals surface area (Å²) in [5, 5.41) is 1.07. The topological polar surface area (TPSA) is 37.4 Å². The number of hydrogen-bond acceptors (Lipinski definition) is 4. The number of halogens is 1. The van der Waals surface area contributed by atoms with Gasteiger partial charge in [0.25, 0.3) is 0 Å². The second-order valence-electron chi connectivity index (χ2n) is 6.03. The molecule has 0 spiro atoms. The SMILES string of the molecule is CN(C)c1cc(-c2ccc(S(C)(=O)=O)cc2)c(-c2ccc(F)cc2)s1. The molecule has 0 aliphatic rings. The van der Waals surface area contributed by atoms with Gasteiger partial charge in [-0.2, -0.15) is 0 Å². The first-order valence-electron chi connectivity index (χ1n) is 7.63. The molecule has 0 bridgehead atoms. The molecule has 6 heteroatoms. The summed E-state index contributed by atoms with van der Waals surface area (Å²) in [5.74, 6) is -0.271. The first-order valence-corrected chi connectivity index (χ1v) is 10.3. The number of benzene rings is 2. The summed E-state index contributed by atoms with van der Waals surface area (Å²) < 4.78 is 36.6. The lowest BCUT2D eigenvalue weighted by molar-refractivity contribution is 0.602. The summed E-state index contributed by atoms with van der Waals surface area (Å²) in [6, 6.07) is 15.3. The molecular weight excluding hydrogens is 357 g/mol. The number of thiophene rings is 1. The maximum absolute atomic E-state index is 13.3. The fourth-order valence-electron chi connectivity index (χ4n) is 2.51. The van der Waals surface area contributed by atoms with E-state index in [0.29, 0.717) is 4.90 Å². The Morgan fingerprint density at radius 3 is 2.00 bits per heavy atom. The molecule has 0 saturated heterocycles. The highest BCUT2D eigenvalue weighted by Crippen LogP contribution is 2.42. The molecule has 1 aromatic heterocycles. The summed E-state index contributed by atoms with van der Waals surface area (Å²) in [6.07, 6.45) is 1.20. The van der Waals surface area contributed by atoms with Crippen molar-refractivity contribution in [2.24, 2.45) is 0 Å². The van der Waals surface area contributed by atoms with Crippen molar-refractivity contribution in [1.29, 1.82) is 0 Å². The molecular formula is C19H18FNO2S2. The van der Waals surface area contributed by atoms with Crippen LogP contribution in [-0.4, -0.2) is 28.8 Å². The molecule has 0 aliphatic heterocycles. The maximum atomic E-state index is 13.3. The molecule has 0 saturated carbocycles. The van der Waals surface area contributed by atoms with E-state index in [2.05, 4.69) is 6.07 Å². The second-order valence-corrected chi connectivity index (χ2v) is 9.07. The Bertz CT molecular complexity index is 989. The van der Waals surface area contributed by atoms with E-state index in [1.165, 1.54) is 18.4 Å². The smallest absolute Gasteiger partial charge is 0.175 e. The van der Waals surface area contributed by atoms with Gasteiger partial charge in [-0.1, -0.05) is 24.3 Å². The number of sulfone groups is 1. The first-order chi connectivity index (χ1) is 11.8. The van der Waals surface area contributed by atoms with Gasteiger partial charge in [0.1, 0.15) is 5.82 Å². The molecule has 1 heterocycles. The summed E-state index contributed by atoms with van der Waals surface area (Å²) in [4.78, 5) is 3.34. The molecule has 0 amide bonds. The van der Waals surface area contributed by atoms with Crippen LogP contribution in [0.1, 0.15) is 0 Å². The van der Waals surface area contributed by atoms with Crippen molar-refractivity contribution < 1.29 is 12.8 Å². The zero-order chi connectivity index (χ0) is 18.2. The highest BCUT2D eigenvalue weighted by atomic mass is 32.2. The fourth-order valence-corrected chi connectivity index (χ4v) is 4.25. The van der Waals surface area contributed by atoms with Gasteiger partial charge >= 0.3 is 0 Å². The highest BCUT2D eigenvalue weighted by Gasteiger charge is 2.15. The van der Waals surface area contributed by atoms with Crippen molar-refractivity contribution >= 4 is 26.2 Å². The van der Waals surface area contributed by atoms with Gasteiger partial charge in [0, 0.05) is 30.8 Å². The molecule has 2 aromatic carbocycles. The largest absolute Gasteiger partial charge is 0.370 e. The van der Waals surface area contributed by atoms with Crippen LogP contribution in [0.25, 0.3) is 21.6 Å². The Kier molecular flexibility index (Phi) is 4.67. The molecule has 0 fully saturated rings. The van der Waals surface area contributed by atoms with E-state index in [-0.39, 0.29) is 5.82 Å². The number of anilines is 1. The van der Waals surface area contributed by atoms with Crippen LogP contribution in [0.15, 0.2) is 59.5 Å². The number of nitrogens with zero attached hydrogens (tertiary/aromatic N) is 1. The number of hydrogen-bond donors (Lipinski definition) is 0. The number of rotatable bonds is 4. The minimum Gasteiger partial charge on any atom is -0.370 e. The lowest BCUT2D eigenvalue weighted by atomic mass is 10.0. The quantitative estimate of drug-likeness (QED) is 0.664. The van der Waals surface area contributed by atoms with Crippen LogP contribution in [0.4, 0.5) is 9.39 Å². The van der Waals surface area contributed by atoms with Crippen LogP contribution in [0.3, 0.4) is 0 Å². The van der Waals surface area contributed by atoms with E-state index in [9.17, 15) is 12.8 Å². The van der Waals surface area contributed by atoms with E-state index in [4.69, 9.17) is 0 Å². The first kappa shape index (κ1) is 17.6.